The molecule has 0 aliphatic heterocycles. The van der Waals surface area contributed by atoms with Crippen molar-refractivity contribution in [3.8, 4) is 11.9 Å². The SMILES string of the molecule is C[C@H](Oc1ccc(Br)cc1C(C)(F)F)C(=O)NC#N. The van der Waals surface area contributed by atoms with E-state index in [2.05, 4.69) is 15.9 Å². The predicted octanol–water partition coefficient (Wildman–Crippen LogP) is 2.93. The number of halogens is 3. The van der Waals surface area contributed by atoms with Crippen molar-refractivity contribution < 1.29 is 18.3 Å². The summed E-state index contributed by atoms with van der Waals surface area (Å²) >= 11 is 3.10. The van der Waals surface area contributed by atoms with Gasteiger partial charge in [-0.2, -0.15) is 5.26 Å². The normalized spacial score (nSPS) is 12.4. The second-order valence-corrected chi connectivity index (χ2v) is 4.81. The van der Waals surface area contributed by atoms with E-state index in [0.717, 1.165) is 6.92 Å². The summed E-state index contributed by atoms with van der Waals surface area (Å²) in [6.07, 6.45) is 0.399. The van der Waals surface area contributed by atoms with Gasteiger partial charge in [-0.1, -0.05) is 15.9 Å². The van der Waals surface area contributed by atoms with E-state index in [-0.39, 0.29) is 11.3 Å². The molecular formula is C12H11BrF2N2O2. The number of ether oxygens (including phenoxy) is 1. The molecule has 19 heavy (non-hydrogen) atoms. The molecule has 4 nitrogen and oxygen atoms in total. The summed E-state index contributed by atoms with van der Waals surface area (Å²) in [5.74, 6) is -3.91. The van der Waals surface area contributed by atoms with E-state index in [4.69, 9.17) is 10.00 Å². The number of hydrogen-bond acceptors (Lipinski definition) is 3. The first-order chi connectivity index (χ1) is 8.75. The van der Waals surface area contributed by atoms with Crippen molar-refractivity contribution in [1.29, 1.82) is 5.26 Å². The number of amides is 1. The lowest BCUT2D eigenvalue weighted by Crippen LogP contribution is -2.34. The molecule has 0 aliphatic carbocycles. The molecular weight excluding hydrogens is 322 g/mol. The molecule has 0 saturated heterocycles. The number of rotatable bonds is 4. The summed E-state index contributed by atoms with van der Waals surface area (Å²) in [6.45, 7) is 2.11. The van der Waals surface area contributed by atoms with Gasteiger partial charge in [0.05, 0.1) is 5.56 Å². The molecule has 1 aromatic carbocycles. The van der Waals surface area contributed by atoms with Gasteiger partial charge < -0.3 is 4.74 Å². The number of carbonyl (C=O) groups excluding carboxylic acids is 1. The van der Waals surface area contributed by atoms with Crippen LogP contribution in [-0.2, 0) is 10.7 Å². The quantitative estimate of drug-likeness (QED) is 0.681. The highest BCUT2D eigenvalue weighted by atomic mass is 79.9. The number of alkyl halides is 2. The number of nitrogens with zero attached hydrogens (tertiary/aromatic N) is 1. The van der Waals surface area contributed by atoms with Crippen LogP contribution in [0.4, 0.5) is 8.78 Å². The van der Waals surface area contributed by atoms with Gasteiger partial charge in [0, 0.05) is 11.4 Å². The Balaban J connectivity index is 3.02. The van der Waals surface area contributed by atoms with Crippen LogP contribution in [0.3, 0.4) is 0 Å². The molecule has 0 aromatic heterocycles. The van der Waals surface area contributed by atoms with E-state index in [1.807, 2.05) is 5.32 Å². The molecule has 1 N–H and O–H groups in total. The maximum atomic E-state index is 13.4. The van der Waals surface area contributed by atoms with E-state index < -0.39 is 17.9 Å². The number of carbonyl (C=O) groups is 1. The molecule has 0 aliphatic rings. The molecule has 1 rings (SSSR count). The molecule has 1 aromatic rings. The third-order valence-electron chi connectivity index (χ3n) is 2.27. The Bertz CT molecular complexity index is 523. The van der Waals surface area contributed by atoms with Gasteiger partial charge in [0.1, 0.15) is 5.75 Å². The second kappa shape index (κ2) is 5.97. The minimum atomic E-state index is -3.11. The van der Waals surface area contributed by atoms with E-state index in [1.54, 1.807) is 0 Å². The number of hydrogen-bond donors (Lipinski definition) is 1. The fraction of sp³-hybridized carbons (Fsp3) is 0.333. The summed E-state index contributed by atoms with van der Waals surface area (Å²) in [5, 5.41) is 10.2. The largest absolute Gasteiger partial charge is 0.480 e. The summed E-state index contributed by atoms with van der Waals surface area (Å²) in [6, 6.07) is 4.09. The van der Waals surface area contributed by atoms with Crippen LogP contribution in [0, 0.1) is 11.5 Å². The zero-order valence-electron chi connectivity index (χ0n) is 10.2. The molecule has 1 amide bonds. The topological polar surface area (TPSA) is 62.1 Å². The Morgan fingerprint density at radius 2 is 2.21 bits per heavy atom. The zero-order valence-corrected chi connectivity index (χ0v) is 11.8. The highest BCUT2D eigenvalue weighted by Gasteiger charge is 2.30. The van der Waals surface area contributed by atoms with E-state index in [9.17, 15) is 13.6 Å². The van der Waals surface area contributed by atoms with Gasteiger partial charge in [-0.05, 0) is 25.1 Å². The summed E-state index contributed by atoms with van der Waals surface area (Å²) < 4.78 is 32.5. The average molecular weight is 333 g/mol. The predicted molar refractivity (Wildman–Crippen MR) is 67.6 cm³/mol. The van der Waals surface area contributed by atoms with Crippen LogP contribution >= 0.6 is 15.9 Å². The van der Waals surface area contributed by atoms with Crippen LogP contribution in [0.1, 0.15) is 19.4 Å². The van der Waals surface area contributed by atoms with Crippen LogP contribution in [0.15, 0.2) is 22.7 Å². The standard InChI is InChI=1S/C12H11BrF2N2O2/c1-7(11(18)17-6-16)19-10-4-3-8(13)5-9(10)12(2,14)15/h3-5,7H,1-2H3,(H,17,18)/t7-/m0/s1. The lowest BCUT2D eigenvalue weighted by Gasteiger charge is -2.19. The maximum Gasteiger partial charge on any atom is 0.274 e. The Hall–Kier alpha value is -1.68. The number of nitriles is 1. The summed E-state index contributed by atoms with van der Waals surface area (Å²) in [7, 11) is 0. The fourth-order valence-corrected chi connectivity index (χ4v) is 1.71. The lowest BCUT2D eigenvalue weighted by molar-refractivity contribution is -0.126. The van der Waals surface area contributed by atoms with Crippen LogP contribution < -0.4 is 10.1 Å². The van der Waals surface area contributed by atoms with Gasteiger partial charge in [-0.3, -0.25) is 10.1 Å². The molecule has 102 valence electrons. The molecule has 0 unspecified atom stereocenters. The van der Waals surface area contributed by atoms with Gasteiger partial charge in [0.15, 0.2) is 12.3 Å². The second-order valence-electron chi connectivity index (χ2n) is 3.89. The Morgan fingerprint density at radius 1 is 1.58 bits per heavy atom. The van der Waals surface area contributed by atoms with Gasteiger partial charge in [-0.15, -0.1) is 0 Å². The monoisotopic (exact) mass is 332 g/mol. The molecule has 0 saturated carbocycles. The van der Waals surface area contributed by atoms with Crippen molar-refractivity contribution >= 4 is 21.8 Å². The van der Waals surface area contributed by atoms with Crippen molar-refractivity contribution in [3.63, 3.8) is 0 Å². The number of nitrogens with one attached hydrogen (secondary N) is 1. The molecule has 0 spiro atoms. The van der Waals surface area contributed by atoms with Crippen molar-refractivity contribution in [2.24, 2.45) is 0 Å². The van der Waals surface area contributed by atoms with Crippen molar-refractivity contribution in [3.05, 3.63) is 28.2 Å². The molecule has 0 heterocycles. The first-order valence-corrected chi connectivity index (χ1v) is 6.08. The Kier molecular flexibility index (Phi) is 4.84. The third-order valence-corrected chi connectivity index (χ3v) is 2.76. The van der Waals surface area contributed by atoms with E-state index >= 15 is 0 Å². The molecule has 0 radical (unpaired) electrons. The van der Waals surface area contributed by atoms with Crippen LogP contribution in [0.2, 0.25) is 0 Å². The number of benzene rings is 1. The Morgan fingerprint density at radius 3 is 2.74 bits per heavy atom. The van der Waals surface area contributed by atoms with Crippen LogP contribution in [0.5, 0.6) is 5.75 Å². The Labute approximate surface area is 117 Å². The average Bonchev–Trinajstić information content (AvgIpc) is 2.30. The van der Waals surface area contributed by atoms with Crippen LogP contribution in [-0.4, -0.2) is 12.0 Å². The fourth-order valence-electron chi connectivity index (χ4n) is 1.35. The highest BCUT2D eigenvalue weighted by Crippen LogP contribution is 2.36. The summed E-state index contributed by atoms with van der Waals surface area (Å²) in [4.78, 5) is 11.3. The van der Waals surface area contributed by atoms with Crippen molar-refractivity contribution in [1.82, 2.24) is 5.32 Å². The minimum Gasteiger partial charge on any atom is -0.480 e. The first kappa shape index (κ1) is 15.4. The van der Waals surface area contributed by atoms with Crippen LogP contribution in [0.25, 0.3) is 0 Å². The van der Waals surface area contributed by atoms with Gasteiger partial charge in [-0.25, -0.2) is 8.78 Å². The van der Waals surface area contributed by atoms with Gasteiger partial charge >= 0.3 is 0 Å². The highest BCUT2D eigenvalue weighted by molar-refractivity contribution is 9.10. The van der Waals surface area contributed by atoms with Gasteiger partial charge in [0.2, 0.25) is 0 Å². The van der Waals surface area contributed by atoms with E-state index in [1.165, 1.54) is 31.3 Å². The zero-order chi connectivity index (χ0) is 14.6. The third kappa shape index (κ3) is 4.17. The minimum absolute atomic E-state index is 0.101. The van der Waals surface area contributed by atoms with Crippen molar-refractivity contribution in [2.75, 3.05) is 0 Å². The molecule has 1 atom stereocenters. The maximum absolute atomic E-state index is 13.4. The van der Waals surface area contributed by atoms with E-state index in [0.29, 0.717) is 4.47 Å². The smallest absolute Gasteiger partial charge is 0.274 e. The molecule has 0 bridgehead atoms. The summed E-state index contributed by atoms with van der Waals surface area (Å²) in [5.41, 5.74) is -0.335. The van der Waals surface area contributed by atoms with Crippen molar-refractivity contribution in [2.45, 2.75) is 25.9 Å². The molecule has 0 fully saturated rings. The first-order valence-electron chi connectivity index (χ1n) is 5.29. The molecule has 7 heteroatoms. The lowest BCUT2D eigenvalue weighted by atomic mass is 10.1. The van der Waals surface area contributed by atoms with Gasteiger partial charge in [0.25, 0.3) is 11.8 Å².